The number of aromatic nitrogens is 4. The number of imidazole rings is 2. The van der Waals surface area contributed by atoms with Gasteiger partial charge in [-0.2, -0.15) is 0 Å². The van der Waals surface area contributed by atoms with E-state index in [0.717, 1.165) is 16.6 Å². The third kappa shape index (κ3) is 2.11. The Morgan fingerprint density at radius 1 is 1.00 bits per heavy atom. The number of benzene rings is 2. The van der Waals surface area contributed by atoms with E-state index < -0.39 is 11.6 Å². The third-order valence-corrected chi connectivity index (χ3v) is 3.80. The maximum Gasteiger partial charge on any atom is 0.150 e. The molecule has 0 unspecified atom stereocenters. The Hall–Kier alpha value is -3.02. The number of hydrogen-bond acceptors (Lipinski definition) is 2. The van der Waals surface area contributed by atoms with Crippen LogP contribution in [0, 0.1) is 11.6 Å². The lowest BCUT2D eigenvalue weighted by Gasteiger charge is -2.10. The van der Waals surface area contributed by atoms with Gasteiger partial charge in [0.25, 0.3) is 0 Å². The van der Waals surface area contributed by atoms with E-state index in [1.54, 1.807) is 12.5 Å². The van der Waals surface area contributed by atoms with Gasteiger partial charge in [0.05, 0.1) is 17.4 Å². The second-order valence-electron chi connectivity index (χ2n) is 5.25. The molecule has 0 aliphatic carbocycles. The van der Waals surface area contributed by atoms with Crippen molar-refractivity contribution in [1.29, 1.82) is 0 Å². The number of aryl methyl sites for hydroxylation is 1. The Kier molecular flexibility index (Phi) is 2.97. The van der Waals surface area contributed by atoms with Gasteiger partial charge in [0.15, 0.2) is 0 Å². The Bertz CT molecular complexity index is 996. The largest absolute Gasteiger partial charge is 0.334 e. The zero-order valence-corrected chi connectivity index (χ0v) is 12.2. The molecule has 2 aromatic carbocycles. The first-order valence-corrected chi connectivity index (χ1v) is 7.04. The van der Waals surface area contributed by atoms with E-state index in [-0.39, 0.29) is 5.69 Å². The fourth-order valence-corrected chi connectivity index (χ4v) is 2.69. The normalized spacial score (nSPS) is 11.3. The van der Waals surface area contributed by atoms with Gasteiger partial charge in [0, 0.05) is 25.0 Å². The van der Waals surface area contributed by atoms with Crippen LogP contribution in [0.1, 0.15) is 0 Å². The van der Waals surface area contributed by atoms with Gasteiger partial charge >= 0.3 is 0 Å². The molecule has 23 heavy (non-hydrogen) atoms. The molecular formula is C17H12F2N4. The van der Waals surface area contributed by atoms with Crippen LogP contribution < -0.4 is 0 Å². The molecule has 0 fully saturated rings. The van der Waals surface area contributed by atoms with E-state index in [9.17, 15) is 8.78 Å². The Morgan fingerprint density at radius 2 is 1.78 bits per heavy atom. The summed E-state index contributed by atoms with van der Waals surface area (Å²) >= 11 is 0. The molecule has 0 saturated heterocycles. The number of fused-ring (bicyclic) bond motifs is 1. The molecule has 0 bridgehead atoms. The van der Waals surface area contributed by atoms with Gasteiger partial charge in [-0.3, -0.25) is 4.57 Å². The van der Waals surface area contributed by atoms with E-state index in [4.69, 9.17) is 0 Å². The summed E-state index contributed by atoms with van der Waals surface area (Å²) in [6.45, 7) is 0. The van der Waals surface area contributed by atoms with Crippen molar-refractivity contribution in [2.75, 3.05) is 0 Å². The first-order chi connectivity index (χ1) is 11.1. The number of halogens is 2. The van der Waals surface area contributed by atoms with E-state index in [1.807, 2.05) is 29.8 Å². The second kappa shape index (κ2) is 5.01. The maximum atomic E-state index is 14.1. The lowest BCUT2D eigenvalue weighted by molar-refractivity contribution is 0.570. The summed E-state index contributed by atoms with van der Waals surface area (Å²) in [4.78, 5) is 8.56. The molecule has 0 radical (unpaired) electrons. The van der Waals surface area contributed by atoms with Crippen molar-refractivity contribution in [2.24, 2.45) is 7.05 Å². The zero-order valence-electron chi connectivity index (χ0n) is 12.2. The summed E-state index contributed by atoms with van der Waals surface area (Å²) in [7, 11) is 1.91. The van der Waals surface area contributed by atoms with Crippen LogP contribution in [-0.2, 0) is 7.05 Å². The number of rotatable bonds is 2. The summed E-state index contributed by atoms with van der Waals surface area (Å²) in [5, 5.41) is 0. The average molecular weight is 310 g/mol. The molecule has 114 valence electrons. The molecular weight excluding hydrogens is 298 g/mol. The molecule has 4 aromatic rings. The van der Waals surface area contributed by atoms with Crippen molar-refractivity contribution in [3.05, 3.63) is 66.8 Å². The Balaban J connectivity index is 1.92. The topological polar surface area (TPSA) is 35.6 Å². The van der Waals surface area contributed by atoms with Gasteiger partial charge in [0.1, 0.15) is 23.1 Å². The fraction of sp³-hybridized carbons (Fsp3) is 0.0588. The lowest BCUT2D eigenvalue weighted by atomic mass is 10.1. The molecule has 0 saturated carbocycles. The summed E-state index contributed by atoms with van der Waals surface area (Å²) < 4.78 is 31.4. The molecule has 2 heterocycles. The molecule has 0 aliphatic rings. The molecule has 0 atom stereocenters. The van der Waals surface area contributed by atoms with Gasteiger partial charge in [-0.25, -0.2) is 18.7 Å². The number of para-hydroxylation sites is 1. The van der Waals surface area contributed by atoms with E-state index in [1.165, 1.54) is 29.0 Å². The highest BCUT2D eigenvalue weighted by molar-refractivity contribution is 5.81. The summed E-state index contributed by atoms with van der Waals surface area (Å²) in [6.07, 6.45) is 4.78. The van der Waals surface area contributed by atoms with Crippen LogP contribution in [0.4, 0.5) is 8.78 Å². The quantitative estimate of drug-likeness (QED) is 0.566. The SMILES string of the molecule is Cn1cnc2cc(-c3nccn3-c3c(F)cccc3F)ccc21. The van der Waals surface area contributed by atoms with Crippen molar-refractivity contribution in [3.63, 3.8) is 0 Å². The molecule has 0 N–H and O–H groups in total. The summed E-state index contributed by atoms with van der Waals surface area (Å²) in [5.41, 5.74) is 2.38. The Labute approximate surface area is 130 Å². The van der Waals surface area contributed by atoms with Gasteiger partial charge in [0.2, 0.25) is 0 Å². The lowest BCUT2D eigenvalue weighted by Crippen LogP contribution is -2.02. The minimum Gasteiger partial charge on any atom is -0.334 e. The maximum absolute atomic E-state index is 14.1. The molecule has 6 heteroatoms. The van der Waals surface area contributed by atoms with Crippen molar-refractivity contribution >= 4 is 11.0 Å². The first kappa shape index (κ1) is 13.6. The van der Waals surface area contributed by atoms with Gasteiger partial charge in [-0.05, 0) is 30.3 Å². The highest BCUT2D eigenvalue weighted by atomic mass is 19.1. The van der Waals surface area contributed by atoms with Crippen molar-refractivity contribution in [2.45, 2.75) is 0 Å². The van der Waals surface area contributed by atoms with Crippen molar-refractivity contribution in [1.82, 2.24) is 19.1 Å². The van der Waals surface area contributed by atoms with E-state index in [2.05, 4.69) is 9.97 Å². The molecule has 0 aliphatic heterocycles. The van der Waals surface area contributed by atoms with Gasteiger partial charge < -0.3 is 4.57 Å². The predicted octanol–water partition coefficient (Wildman–Crippen LogP) is 3.70. The van der Waals surface area contributed by atoms with Crippen LogP contribution >= 0.6 is 0 Å². The van der Waals surface area contributed by atoms with Crippen molar-refractivity contribution in [3.8, 4) is 17.1 Å². The summed E-state index contributed by atoms with van der Waals surface area (Å²) in [5.74, 6) is -0.812. The zero-order chi connectivity index (χ0) is 16.0. The predicted molar refractivity (Wildman–Crippen MR) is 83.2 cm³/mol. The average Bonchev–Trinajstić information content (AvgIpc) is 3.14. The third-order valence-electron chi connectivity index (χ3n) is 3.80. The van der Waals surface area contributed by atoms with E-state index >= 15 is 0 Å². The summed E-state index contributed by atoms with van der Waals surface area (Å²) in [6, 6.07) is 9.42. The first-order valence-electron chi connectivity index (χ1n) is 7.04. The fourth-order valence-electron chi connectivity index (χ4n) is 2.69. The standard InChI is InChI=1S/C17H12F2N4/c1-22-10-21-14-9-11(5-6-15(14)22)17-20-7-8-23(17)16-12(18)3-2-4-13(16)19/h2-10H,1H3. The Morgan fingerprint density at radius 3 is 2.57 bits per heavy atom. The smallest absolute Gasteiger partial charge is 0.150 e. The van der Waals surface area contributed by atoms with E-state index in [0.29, 0.717) is 5.82 Å². The molecule has 0 amide bonds. The number of nitrogens with zero attached hydrogens (tertiary/aromatic N) is 4. The molecule has 4 rings (SSSR count). The van der Waals surface area contributed by atoms with Crippen LogP contribution in [0.2, 0.25) is 0 Å². The monoisotopic (exact) mass is 310 g/mol. The van der Waals surface area contributed by atoms with Crippen LogP contribution in [0.3, 0.4) is 0 Å². The van der Waals surface area contributed by atoms with Crippen LogP contribution in [0.5, 0.6) is 0 Å². The van der Waals surface area contributed by atoms with Gasteiger partial charge in [-0.15, -0.1) is 0 Å². The highest BCUT2D eigenvalue weighted by Crippen LogP contribution is 2.27. The van der Waals surface area contributed by atoms with Crippen LogP contribution in [0.15, 0.2) is 55.1 Å². The minimum atomic E-state index is -0.636. The molecule has 2 aromatic heterocycles. The number of hydrogen-bond donors (Lipinski definition) is 0. The van der Waals surface area contributed by atoms with Gasteiger partial charge in [-0.1, -0.05) is 6.07 Å². The molecule has 4 nitrogen and oxygen atoms in total. The highest BCUT2D eigenvalue weighted by Gasteiger charge is 2.16. The second-order valence-corrected chi connectivity index (χ2v) is 5.25. The van der Waals surface area contributed by atoms with Crippen LogP contribution in [0.25, 0.3) is 28.1 Å². The van der Waals surface area contributed by atoms with Crippen molar-refractivity contribution < 1.29 is 8.78 Å². The molecule has 0 spiro atoms. The minimum absolute atomic E-state index is 0.138. The van der Waals surface area contributed by atoms with Crippen LogP contribution in [-0.4, -0.2) is 19.1 Å².